The van der Waals surface area contributed by atoms with Crippen LogP contribution in [0.4, 0.5) is 4.79 Å². The summed E-state index contributed by atoms with van der Waals surface area (Å²) in [6.07, 6.45) is 2.76. The molecule has 0 spiro atoms. The SMILES string of the molecule is COC(C)(C)CNC(=O)N1CCCC(CCC(=O)O)C1. The van der Waals surface area contributed by atoms with Crippen molar-refractivity contribution in [3.63, 3.8) is 0 Å². The summed E-state index contributed by atoms with van der Waals surface area (Å²) in [6, 6.07) is -0.0878. The van der Waals surface area contributed by atoms with Crippen molar-refractivity contribution in [1.82, 2.24) is 10.2 Å². The Balaban J connectivity index is 2.38. The first kappa shape index (κ1) is 16.8. The molecule has 2 amide bonds. The van der Waals surface area contributed by atoms with Gasteiger partial charge >= 0.3 is 12.0 Å². The number of hydrogen-bond donors (Lipinski definition) is 2. The number of nitrogens with zero attached hydrogens (tertiary/aromatic N) is 1. The van der Waals surface area contributed by atoms with Gasteiger partial charge in [0.2, 0.25) is 0 Å². The van der Waals surface area contributed by atoms with Crippen LogP contribution in [0, 0.1) is 5.92 Å². The Morgan fingerprint density at radius 1 is 1.45 bits per heavy atom. The van der Waals surface area contributed by atoms with Crippen LogP contribution in [0.15, 0.2) is 0 Å². The van der Waals surface area contributed by atoms with Gasteiger partial charge in [-0.15, -0.1) is 0 Å². The summed E-state index contributed by atoms with van der Waals surface area (Å²) >= 11 is 0. The minimum absolute atomic E-state index is 0.0878. The van der Waals surface area contributed by atoms with Crippen molar-refractivity contribution in [2.45, 2.75) is 45.1 Å². The molecule has 0 bridgehead atoms. The fourth-order valence-corrected chi connectivity index (χ4v) is 2.29. The number of piperidine rings is 1. The zero-order valence-electron chi connectivity index (χ0n) is 12.6. The van der Waals surface area contributed by atoms with Crippen LogP contribution in [-0.4, -0.2) is 54.4 Å². The van der Waals surface area contributed by atoms with Gasteiger partial charge in [0, 0.05) is 33.2 Å². The molecule has 0 aromatic carbocycles. The van der Waals surface area contributed by atoms with E-state index < -0.39 is 5.97 Å². The van der Waals surface area contributed by atoms with Crippen molar-refractivity contribution in [3.8, 4) is 0 Å². The molecule has 116 valence electrons. The Morgan fingerprint density at radius 3 is 2.75 bits per heavy atom. The van der Waals surface area contributed by atoms with Gasteiger partial charge in [0.15, 0.2) is 0 Å². The second kappa shape index (κ2) is 7.47. The predicted octanol–water partition coefficient (Wildman–Crippen LogP) is 1.70. The van der Waals surface area contributed by atoms with Gasteiger partial charge in [-0.1, -0.05) is 0 Å². The van der Waals surface area contributed by atoms with E-state index in [4.69, 9.17) is 9.84 Å². The standard InChI is InChI=1S/C14H26N2O4/c1-14(2,20-3)10-15-13(19)16-8-4-5-11(9-16)6-7-12(17)18/h11H,4-10H2,1-3H3,(H,15,19)(H,17,18). The van der Waals surface area contributed by atoms with Crippen LogP contribution in [0.5, 0.6) is 0 Å². The molecule has 1 saturated heterocycles. The van der Waals surface area contributed by atoms with E-state index in [1.54, 1.807) is 12.0 Å². The summed E-state index contributed by atoms with van der Waals surface area (Å²) in [5, 5.41) is 11.6. The van der Waals surface area contributed by atoms with Gasteiger partial charge in [0.05, 0.1) is 5.60 Å². The molecular formula is C14H26N2O4. The molecule has 1 fully saturated rings. The van der Waals surface area contributed by atoms with Crippen LogP contribution in [0.2, 0.25) is 0 Å². The molecule has 0 saturated carbocycles. The number of carbonyl (C=O) groups is 2. The summed E-state index contributed by atoms with van der Waals surface area (Å²) in [4.78, 5) is 24.5. The van der Waals surface area contributed by atoms with Gasteiger partial charge in [-0.2, -0.15) is 0 Å². The zero-order valence-corrected chi connectivity index (χ0v) is 12.6. The third kappa shape index (κ3) is 5.77. The molecular weight excluding hydrogens is 260 g/mol. The Morgan fingerprint density at radius 2 is 2.15 bits per heavy atom. The second-order valence-corrected chi connectivity index (χ2v) is 6.01. The number of rotatable bonds is 6. The van der Waals surface area contributed by atoms with E-state index >= 15 is 0 Å². The molecule has 6 nitrogen and oxygen atoms in total. The number of nitrogens with one attached hydrogen (secondary N) is 1. The maximum Gasteiger partial charge on any atom is 0.317 e. The molecule has 1 aliphatic heterocycles. The van der Waals surface area contributed by atoms with Crippen LogP contribution in [0.1, 0.15) is 39.5 Å². The lowest BCUT2D eigenvalue weighted by Gasteiger charge is -2.33. The summed E-state index contributed by atoms with van der Waals surface area (Å²) in [5.74, 6) is -0.477. The van der Waals surface area contributed by atoms with Gasteiger partial charge in [-0.3, -0.25) is 4.79 Å². The monoisotopic (exact) mass is 286 g/mol. The van der Waals surface area contributed by atoms with Gasteiger partial charge < -0.3 is 20.1 Å². The van der Waals surface area contributed by atoms with Crippen molar-refractivity contribution < 1.29 is 19.4 Å². The third-order valence-electron chi connectivity index (χ3n) is 3.79. The lowest BCUT2D eigenvalue weighted by atomic mass is 9.93. The molecule has 0 aliphatic carbocycles. The van der Waals surface area contributed by atoms with Gasteiger partial charge in [0.25, 0.3) is 0 Å². The molecule has 0 aromatic heterocycles. The zero-order chi connectivity index (χ0) is 15.2. The number of amides is 2. The van der Waals surface area contributed by atoms with Gasteiger partial charge in [-0.05, 0) is 39.0 Å². The second-order valence-electron chi connectivity index (χ2n) is 6.01. The van der Waals surface area contributed by atoms with Crippen LogP contribution >= 0.6 is 0 Å². The number of carboxylic acids is 1. The highest BCUT2D eigenvalue weighted by Crippen LogP contribution is 2.21. The van der Waals surface area contributed by atoms with E-state index in [1.807, 2.05) is 13.8 Å². The number of ether oxygens (including phenoxy) is 1. The summed E-state index contributed by atoms with van der Waals surface area (Å²) in [5.41, 5.74) is -0.381. The van der Waals surface area contributed by atoms with Crippen molar-refractivity contribution in [2.75, 3.05) is 26.7 Å². The fourth-order valence-electron chi connectivity index (χ4n) is 2.29. The number of urea groups is 1. The van der Waals surface area contributed by atoms with E-state index in [9.17, 15) is 9.59 Å². The van der Waals surface area contributed by atoms with Crippen LogP contribution in [0.3, 0.4) is 0 Å². The predicted molar refractivity (Wildman–Crippen MR) is 75.7 cm³/mol. The molecule has 1 heterocycles. The molecule has 6 heteroatoms. The first-order chi connectivity index (χ1) is 9.34. The molecule has 20 heavy (non-hydrogen) atoms. The summed E-state index contributed by atoms with van der Waals surface area (Å²) in [6.45, 7) is 5.67. The molecule has 1 aliphatic rings. The molecule has 1 unspecified atom stereocenters. The first-order valence-corrected chi connectivity index (χ1v) is 7.14. The maximum atomic E-state index is 12.1. The number of carboxylic acid groups (broad SMARTS) is 1. The number of likely N-dealkylation sites (tertiary alicyclic amines) is 1. The number of methoxy groups -OCH3 is 1. The van der Waals surface area contributed by atoms with E-state index in [0.717, 1.165) is 19.4 Å². The minimum atomic E-state index is -0.770. The van der Waals surface area contributed by atoms with E-state index in [1.165, 1.54) is 0 Å². The summed E-state index contributed by atoms with van der Waals surface area (Å²) in [7, 11) is 1.62. The Hall–Kier alpha value is -1.30. The highest BCUT2D eigenvalue weighted by molar-refractivity contribution is 5.74. The van der Waals surface area contributed by atoms with Crippen molar-refractivity contribution >= 4 is 12.0 Å². The molecule has 1 atom stereocenters. The Labute approximate surface area is 120 Å². The average molecular weight is 286 g/mol. The third-order valence-corrected chi connectivity index (χ3v) is 3.79. The Kier molecular flexibility index (Phi) is 6.26. The maximum absolute atomic E-state index is 12.1. The molecule has 2 N–H and O–H groups in total. The largest absolute Gasteiger partial charge is 0.481 e. The van der Waals surface area contributed by atoms with Crippen LogP contribution < -0.4 is 5.32 Å². The average Bonchev–Trinajstić information content (AvgIpc) is 2.43. The molecule has 0 aromatic rings. The number of aliphatic carboxylic acids is 1. The highest BCUT2D eigenvalue weighted by atomic mass is 16.5. The van der Waals surface area contributed by atoms with Crippen LogP contribution in [0.25, 0.3) is 0 Å². The van der Waals surface area contributed by atoms with Crippen molar-refractivity contribution in [1.29, 1.82) is 0 Å². The van der Waals surface area contributed by atoms with Crippen molar-refractivity contribution in [2.24, 2.45) is 5.92 Å². The summed E-state index contributed by atoms with van der Waals surface area (Å²) < 4.78 is 5.26. The van der Waals surface area contributed by atoms with Crippen molar-refractivity contribution in [3.05, 3.63) is 0 Å². The lowest BCUT2D eigenvalue weighted by Crippen LogP contribution is -2.49. The fraction of sp³-hybridized carbons (Fsp3) is 0.857. The van der Waals surface area contributed by atoms with Crippen LogP contribution in [-0.2, 0) is 9.53 Å². The highest BCUT2D eigenvalue weighted by Gasteiger charge is 2.25. The molecule has 1 rings (SSSR count). The van der Waals surface area contributed by atoms with E-state index in [-0.39, 0.29) is 18.1 Å². The smallest absolute Gasteiger partial charge is 0.317 e. The minimum Gasteiger partial charge on any atom is -0.481 e. The van der Waals surface area contributed by atoms with Gasteiger partial charge in [0.1, 0.15) is 0 Å². The van der Waals surface area contributed by atoms with E-state index in [0.29, 0.717) is 25.4 Å². The lowest BCUT2D eigenvalue weighted by molar-refractivity contribution is -0.137. The number of hydrogen-bond acceptors (Lipinski definition) is 3. The topological polar surface area (TPSA) is 78.9 Å². The molecule has 0 radical (unpaired) electrons. The normalized spacial score (nSPS) is 19.8. The van der Waals surface area contributed by atoms with Gasteiger partial charge in [-0.25, -0.2) is 4.79 Å². The van der Waals surface area contributed by atoms with E-state index in [2.05, 4.69) is 5.32 Å². The first-order valence-electron chi connectivity index (χ1n) is 7.14. The quantitative estimate of drug-likeness (QED) is 0.779. The Bertz CT molecular complexity index is 344. The number of carbonyl (C=O) groups excluding carboxylic acids is 1.